The van der Waals surface area contributed by atoms with Gasteiger partial charge in [-0.2, -0.15) is 0 Å². The third kappa shape index (κ3) is 3.44. The summed E-state index contributed by atoms with van der Waals surface area (Å²) in [6.45, 7) is 1.96. The molecule has 2 aliphatic heterocycles. The summed E-state index contributed by atoms with van der Waals surface area (Å²) in [6.07, 6.45) is 5.21. The molecule has 2 saturated heterocycles. The van der Waals surface area contributed by atoms with Gasteiger partial charge in [0.15, 0.2) is 5.76 Å². The Morgan fingerprint density at radius 3 is 3.00 bits per heavy atom. The van der Waals surface area contributed by atoms with Gasteiger partial charge >= 0.3 is 0 Å². The Balaban J connectivity index is 1.43. The Bertz CT molecular complexity index is 500. The highest BCUT2D eigenvalue weighted by Gasteiger charge is 2.30. The lowest BCUT2D eigenvalue weighted by Gasteiger charge is -2.24. The summed E-state index contributed by atoms with van der Waals surface area (Å²) in [6, 6.07) is 4.29. The summed E-state index contributed by atoms with van der Waals surface area (Å²) < 4.78 is 5.00. The van der Waals surface area contributed by atoms with Crippen LogP contribution in [0.15, 0.2) is 22.8 Å². The number of hydrogen-bond acceptors (Lipinski definition) is 4. The SMILES string of the molecule is O=C(NCCC(=O)N1CCC2CCC(C1)N2)c1ccco1. The fourth-order valence-electron chi connectivity index (χ4n) is 3.11. The highest BCUT2D eigenvalue weighted by atomic mass is 16.3. The molecule has 2 bridgehead atoms. The van der Waals surface area contributed by atoms with Crippen molar-refractivity contribution in [3.05, 3.63) is 24.2 Å². The number of rotatable bonds is 4. The number of carbonyl (C=O) groups excluding carboxylic acids is 2. The first-order valence-electron chi connectivity index (χ1n) is 7.58. The van der Waals surface area contributed by atoms with Crippen molar-refractivity contribution in [1.82, 2.24) is 15.5 Å². The first-order chi connectivity index (χ1) is 10.2. The Morgan fingerprint density at radius 2 is 2.19 bits per heavy atom. The lowest BCUT2D eigenvalue weighted by Crippen LogP contribution is -2.40. The maximum absolute atomic E-state index is 12.2. The highest BCUT2D eigenvalue weighted by Crippen LogP contribution is 2.20. The molecular formula is C15H21N3O3. The quantitative estimate of drug-likeness (QED) is 0.858. The van der Waals surface area contributed by atoms with Crippen LogP contribution in [0.1, 0.15) is 36.2 Å². The summed E-state index contributed by atoms with van der Waals surface area (Å²) in [4.78, 5) is 25.8. The Hall–Kier alpha value is -1.82. The molecule has 0 aromatic carbocycles. The smallest absolute Gasteiger partial charge is 0.286 e. The van der Waals surface area contributed by atoms with Crippen molar-refractivity contribution in [3.8, 4) is 0 Å². The highest BCUT2D eigenvalue weighted by molar-refractivity contribution is 5.91. The molecule has 0 aliphatic carbocycles. The number of furan rings is 1. The van der Waals surface area contributed by atoms with Gasteiger partial charge in [-0.05, 0) is 31.4 Å². The zero-order chi connectivity index (χ0) is 14.7. The van der Waals surface area contributed by atoms with Crippen molar-refractivity contribution in [3.63, 3.8) is 0 Å². The van der Waals surface area contributed by atoms with Gasteiger partial charge in [0.25, 0.3) is 5.91 Å². The van der Waals surface area contributed by atoms with Crippen LogP contribution in [0, 0.1) is 0 Å². The molecule has 2 fully saturated rings. The molecule has 2 unspecified atom stereocenters. The number of likely N-dealkylation sites (tertiary alicyclic amines) is 1. The number of carbonyl (C=O) groups is 2. The molecule has 1 aromatic heterocycles. The van der Waals surface area contributed by atoms with E-state index in [9.17, 15) is 9.59 Å². The molecule has 6 nitrogen and oxygen atoms in total. The summed E-state index contributed by atoms with van der Waals surface area (Å²) in [5, 5.41) is 6.26. The number of nitrogens with zero attached hydrogens (tertiary/aromatic N) is 1. The molecule has 2 aliphatic rings. The lowest BCUT2D eigenvalue weighted by molar-refractivity contribution is -0.131. The van der Waals surface area contributed by atoms with E-state index in [4.69, 9.17) is 4.42 Å². The van der Waals surface area contributed by atoms with E-state index in [0.717, 1.165) is 25.9 Å². The largest absolute Gasteiger partial charge is 0.459 e. The average molecular weight is 291 g/mol. The molecule has 3 heterocycles. The molecular weight excluding hydrogens is 270 g/mol. The van der Waals surface area contributed by atoms with Crippen molar-refractivity contribution in [2.24, 2.45) is 0 Å². The van der Waals surface area contributed by atoms with Crippen LogP contribution in [0.3, 0.4) is 0 Å². The predicted octanol–water partition coefficient (Wildman–Crippen LogP) is 0.752. The van der Waals surface area contributed by atoms with Gasteiger partial charge in [0, 0.05) is 38.1 Å². The van der Waals surface area contributed by atoms with Gasteiger partial charge in [-0.15, -0.1) is 0 Å². The maximum Gasteiger partial charge on any atom is 0.286 e. The van der Waals surface area contributed by atoms with Gasteiger partial charge in [-0.25, -0.2) is 0 Å². The van der Waals surface area contributed by atoms with Gasteiger partial charge in [0.1, 0.15) is 0 Å². The predicted molar refractivity (Wildman–Crippen MR) is 76.8 cm³/mol. The van der Waals surface area contributed by atoms with Gasteiger partial charge in [0.2, 0.25) is 5.91 Å². The van der Waals surface area contributed by atoms with Crippen LogP contribution in [0.5, 0.6) is 0 Å². The first-order valence-corrected chi connectivity index (χ1v) is 7.58. The van der Waals surface area contributed by atoms with Crippen LogP contribution in [0.4, 0.5) is 0 Å². The molecule has 0 spiro atoms. The molecule has 114 valence electrons. The van der Waals surface area contributed by atoms with Crippen LogP contribution in [-0.4, -0.2) is 48.4 Å². The molecule has 0 saturated carbocycles. The van der Waals surface area contributed by atoms with Gasteiger partial charge in [-0.1, -0.05) is 0 Å². The van der Waals surface area contributed by atoms with E-state index in [1.165, 1.54) is 12.7 Å². The van der Waals surface area contributed by atoms with E-state index in [-0.39, 0.29) is 17.6 Å². The molecule has 3 rings (SSSR count). The normalized spacial score (nSPS) is 24.7. The van der Waals surface area contributed by atoms with Crippen molar-refractivity contribution in [1.29, 1.82) is 0 Å². The first kappa shape index (κ1) is 14.1. The van der Waals surface area contributed by atoms with Crippen LogP contribution >= 0.6 is 0 Å². The van der Waals surface area contributed by atoms with Crippen LogP contribution in [0.25, 0.3) is 0 Å². The van der Waals surface area contributed by atoms with E-state index in [1.807, 2.05) is 4.90 Å². The number of fused-ring (bicyclic) bond motifs is 2. The van der Waals surface area contributed by atoms with E-state index >= 15 is 0 Å². The van der Waals surface area contributed by atoms with Gasteiger partial charge in [0.05, 0.1) is 6.26 Å². The zero-order valence-corrected chi connectivity index (χ0v) is 12.0. The molecule has 2 atom stereocenters. The monoisotopic (exact) mass is 291 g/mol. The van der Waals surface area contributed by atoms with Gasteiger partial charge < -0.3 is 20.0 Å². The summed E-state index contributed by atoms with van der Waals surface area (Å²) in [5.41, 5.74) is 0. The molecule has 2 amide bonds. The second-order valence-electron chi connectivity index (χ2n) is 5.75. The minimum atomic E-state index is -0.274. The van der Waals surface area contributed by atoms with Crippen LogP contribution < -0.4 is 10.6 Å². The van der Waals surface area contributed by atoms with E-state index in [1.54, 1.807) is 12.1 Å². The molecule has 2 N–H and O–H groups in total. The second-order valence-corrected chi connectivity index (χ2v) is 5.75. The Morgan fingerprint density at radius 1 is 1.33 bits per heavy atom. The van der Waals surface area contributed by atoms with Crippen molar-refractivity contribution in [2.75, 3.05) is 19.6 Å². The van der Waals surface area contributed by atoms with Crippen molar-refractivity contribution in [2.45, 2.75) is 37.8 Å². The standard InChI is InChI=1S/C15H21N3O3/c19-14(5-7-16-15(20)13-2-1-9-21-13)18-8-6-11-3-4-12(10-18)17-11/h1-2,9,11-12,17H,3-8,10H2,(H,16,20). The Kier molecular flexibility index (Phi) is 4.24. The fraction of sp³-hybridized carbons (Fsp3) is 0.600. The van der Waals surface area contributed by atoms with Crippen LogP contribution in [0.2, 0.25) is 0 Å². The number of hydrogen-bond donors (Lipinski definition) is 2. The molecule has 6 heteroatoms. The Labute approximate surface area is 123 Å². The summed E-state index contributed by atoms with van der Waals surface area (Å²) in [7, 11) is 0. The second kappa shape index (κ2) is 6.30. The van der Waals surface area contributed by atoms with Crippen LogP contribution in [-0.2, 0) is 4.79 Å². The van der Waals surface area contributed by atoms with E-state index in [2.05, 4.69) is 10.6 Å². The molecule has 21 heavy (non-hydrogen) atoms. The minimum Gasteiger partial charge on any atom is -0.459 e. The third-order valence-electron chi connectivity index (χ3n) is 4.25. The van der Waals surface area contributed by atoms with Crippen molar-refractivity contribution >= 4 is 11.8 Å². The summed E-state index contributed by atoms with van der Waals surface area (Å²) in [5.74, 6) is 0.118. The van der Waals surface area contributed by atoms with E-state index < -0.39 is 0 Å². The zero-order valence-electron chi connectivity index (χ0n) is 12.0. The molecule has 0 radical (unpaired) electrons. The maximum atomic E-state index is 12.2. The molecule has 1 aromatic rings. The van der Waals surface area contributed by atoms with Gasteiger partial charge in [-0.3, -0.25) is 9.59 Å². The average Bonchev–Trinajstić information content (AvgIpc) is 3.08. The lowest BCUT2D eigenvalue weighted by atomic mass is 10.1. The third-order valence-corrected chi connectivity index (χ3v) is 4.25. The van der Waals surface area contributed by atoms with E-state index in [0.29, 0.717) is 25.0 Å². The minimum absolute atomic E-state index is 0.115. The number of amides is 2. The van der Waals surface area contributed by atoms with Crippen molar-refractivity contribution < 1.29 is 14.0 Å². The summed E-state index contributed by atoms with van der Waals surface area (Å²) >= 11 is 0. The number of nitrogens with one attached hydrogen (secondary N) is 2. The topological polar surface area (TPSA) is 74.6 Å². The fourth-order valence-corrected chi connectivity index (χ4v) is 3.11.